The number of unbranched alkanes of at least 4 members (excludes halogenated alkanes) is 1. The number of nitrogens with one attached hydrogen (secondary N) is 1. The molecule has 86 valence electrons. The molecule has 1 nitrogen and oxygen atoms in total. The summed E-state index contributed by atoms with van der Waals surface area (Å²) in [4.78, 5) is 0. The Morgan fingerprint density at radius 2 is 2.00 bits per heavy atom. The molecule has 0 saturated heterocycles. The summed E-state index contributed by atoms with van der Waals surface area (Å²) in [6.07, 6.45) is 3.80. The summed E-state index contributed by atoms with van der Waals surface area (Å²) < 4.78 is 0. The lowest BCUT2D eigenvalue weighted by molar-refractivity contribution is 0.522. The van der Waals surface area contributed by atoms with Crippen LogP contribution in [0, 0.1) is 11.8 Å². The molecule has 1 heteroatoms. The van der Waals surface area contributed by atoms with Crippen LogP contribution in [0.4, 0.5) is 0 Å². The average molecular weight is 215 g/mol. The van der Waals surface area contributed by atoms with Gasteiger partial charge >= 0.3 is 0 Å². The molecule has 16 heavy (non-hydrogen) atoms. The van der Waals surface area contributed by atoms with Crippen molar-refractivity contribution in [3.63, 3.8) is 0 Å². The molecule has 1 unspecified atom stereocenters. The van der Waals surface area contributed by atoms with E-state index in [2.05, 4.69) is 31.0 Å². The van der Waals surface area contributed by atoms with Crippen molar-refractivity contribution < 1.29 is 0 Å². The maximum absolute atomic E-state index is 3.41. The van der Waals surface area contributed by atoms with Crippen LogP contribution in [0.1, 0.15) is 38.7 Å². The summed E-state index contributed by atoms with van der Waals surface area (Å²) in [5.41, 5.74) is 1.09. The standard InChI is InChI=1S/C15H21N/c1-3-4-9-14(2)16-13-8-12-15-10-6-5-7-11-15/h5-7,10-11,14,16H,3-4,9,13H2,1-2H3. The van der Waals surface area contributed by atoms with Gasteiger partial charge in [0.25, 0.3) is 0 Å². The summed E-state index contributed by atoms with van der Waals surface area (Å²) in [6.45, 7) is 5.22. The van der Waals surface area contributed by atoms with Gasteiger partial charge in [0.15, 0.2) is 0 Å². The van der Waals surface area contributed by atoms with Crippen molar-refractivity contribution in [3.8, 4) is 11.8 Å². The highest BCUT2D eigenvalue weighted by molar-refractivity contribution is 5.33. The van der Waals surface area contributed by atoms with E-state index in [0.29, 0.717) is 6.04 Å². The largest absolute Gasteiger partial charge is 0.304 e. The minimum absolute atomic E-state index is 0.574. The molecule has 1 rings (SSSR count). The van der Waals surface area contributed by atoms with Gasteiger partial charge in [-0.25, -0.2) is 0 Å². The number of hydrogen-bond donors (Lipinski definition) is 1. The summed E-state index contributed by atoms with van der Waals surface area (Å²) in [5, 5.41) is 3.41. The van der Waals surface area contributed by atoms with Gasteiger partial charge in [-0.3, -0.25) is 0 Å². The van der Waals surface area contributed by atoms with Crippen molar-refractivity contribution in [2.45, 2.75) is 39.2 Å². The van der Waals surface area contributed by atoms with Crippen molar-refractivity contribution in [1.82, 2.24) is 5.32 Å². The first kappa shape index (κ1) is 12.8. The maximum atomic E-state index is 3.41. The maximum Gasteiger partial charge on any atom is 0.0582 e. The fraction of sp³-hybridized carbons (Fsp3) is 0.467. The van der Waals surface area contributed by atoms with Gasteiger partial charge in [-0.1, -0.05) is 49.8 Å². The zero-order valence-electron chi connectivity index (χ0n) is 10.3. The molecule has 0 heterocycles. The van der Waals surface area contributed by atoms with Crippen LogP contribution >= 0.6 is 0 Å². The molecule has 1 atom stereocenters. The van der Waals surface area contributed by atoms with Gasteiger partial charge in [0, 0.05) is 11.6 Å². The highest BCUT2D eigenvalue weighted by atomic mass is 14.9. The Kier molecular flexibility index (Phi) is 6.37. The second-order valence-electron chi connectivity index (χ2n) is 4.09. The highest BCUT2D eigenvalue weighted by Gasteiger charge is 1.97. The average Bonchev–Trinajstić information content (AvgIpc) is 2.33. The summed E-state index contributed by atoms with van der Waals surface area (Å²) in [6, 6.07) is 10.7. The monoisotopic (exact) mass is 215 g/mol. The molecule has 0 aromatic heterocycles. The number of hydrogen-bond acceptors (Lipinski definition) is 1. The predicted molar refractivity (Wildman–Crippen MR) is 70.3 cm³/mol. The van der Waals surface area contributed by atoms with Crippen molar-refractivity contribution in [2.24, 2.45) is 0 Å². The van der Waals surface area contributed by atoms with Gasteiger partial charge in [-0.05, 0) is 25.5 Å². The molecule has 1 N–H and O–H groups in total. The molecule has 0 radical (unpaired) electrons. The van der Waals surface area contributed by atoms with Crippen LogP contribution < -0.4 is 5.32 Å². The van der Waals surface area contributed by atoms with E-state index in [0.717, 1.165) is 12.1 Å². The molecular formula is C15H21N. The summed E-state index contributed by atoms with van der Waals surface area (Å²) >= 11 is 0. The minimum atomic E-state index is 0.574. The third kappa shape index (κ3) is 5.58. The molecule has 1 aromatic carbocycles. The minimum Gasteiger partial charge on any atom is -0.304 e. The van der Waals surface area contributed by atoms with E-state index in [-0.39, 0.29) is 0 Å². The molecule has 1 aromatic rings. The molecule has 0 saturated carbocycles. The zero-order chi connectivity index (χ0) is 11.6. The molecule has 0 bridgehead atoms. The van der Waals surface area contributed by atoms with E-state index >= 15 is 0 Å². The Hall–Kier alpha value is -1.26. The molecule has 0 spiro atoms. The summed E-state index contributed by atoms with van der Waals surface area (Å²) in [7, 11) is 0. The van der Waals surface area contributed by atoms with E-state index in [1.807, 2.05) is 30.3 Å². The van der Waals surface area contributed by atoms with Crippen molar-refractivity contribution >= 4 is 0 Å². The smallest absolute Gasteiger partial charge is 0.0582 e. The van der Waals surface area contributed by atoms with Crippen LogP contribution in [0.25, 0.3) is 0 Å². The molecule has 0 fully saturated rings. The van der Waals surface area contributed by atoms with Gasteiger partial charge in [-0.15, -0.1) is 0 Å². The predicted octanol–water partition coefficient (Wildman–Crippen LogP) is 3.21. The Balaban J connectivity index is 2.23. The summed E-state index contributed by atoms with van der Waals surface area (Å²) in [5.74, 6) is 6.29. The van der Waals surface area contributed by atoms with Crippen LogP contribution in [0.2, 0.25) is 0 Å². The van der Waals surface area contributed by atoms with Gasteiger partial charge in [0.05, 0.1) is 6.54 Å². The van der Waals surface area contributed by atoms with Gasteiger partial charge in [0.1, 0.15) is 0 Å². The van der Waals surface area contributed by atoms with Gasteiger partial charge in [0.2, 0.25) is 0 Å². The molecule has 0 amide bonds. The lowest BCUT2D eigenvalue weighted by atomic mass is 10.1. The Labute approximate surface area is 99.3 Å². The quantitative estimate of drug-likeness (QED) is 0.744. The third-order valence-corrected chi connectivity index (χ3v) is 2.54. The molecular weight excluding hydrogens is 194 g/mol. The normalized spacial score (nSPS) is 11.6. The molecule has 0 aliphatic carbocycles. The molecule has 0 aliphatic heterocycles. The third-order valence-electron chi connectivity index (χ3n) is 2.54. The van der Waals surface area contributed by atoms with Crippen molar-refractivity contribution in [3.05, 3.63) is 35.9 Å². The van der Waals surface area contributed by atoms with Crippen LogP contribution in [0.15, 0.2) is 30.3 Å². The van der Waals surface area contributed by atoms with Crippen LogP contribution in [0.3, 0.4) is 0 Å². The molecule has 0 aliphatic rings. The Morgan fingerprint density at radius 1 is 1.25 bits per heavy atom. The SMILES string of the molecule is CCCCC(C)NCC#Cc1ccccc1. The first-order chi connectivity index (χ1) is 7.83. The first-order valence-corrected chi connectivity index (χ1v) is 6.10. The van der Waals surface area contributed by atoms with E-state index in [1.165, 1.54) is 19.3 Å². The lowest BCUT2D eigenvalue weighted by Crippen LogP contribution is -2.26. The number of benzene rings is 1. The van der Waals surface area contributed by atoms with Crippen LogP contribution in [-0.2, 0) is 0 Å². The second-order valence-corrected chi connectivity index (χ2v) is 4.09. The van der Waals surface area contributed by atoms with Crippen molar-refractivity contribution in [1.29, 1.82) is 0 Å². The lowest BCUT2D eigenvalue weighted by Gasteiger charge is -2.09. The number of rotatable bonds is 5. The van der Waals surface area contributed by atoms with Crippen LogP contribution in [0.5, 0.6) is 0 Å². The zero-order valence-corrected chi connectivity index (χ0v) is 10.3. The van der Waals surface area contributed by atoms with Crippen LogP contribution in [-0.4, -0.2) is 12.6 Å². The van der Waals surface area contributed by atoms with E-state index in [4.69, 9.17) is 0 Å². The van der Waals surface area contributed by atoms with Gasteiger partial charge in [-0.2, -0.15) is 0 Å². The fourth-order valence-electron chi connectivity index (χ4n) is 1.51. The Morgan fingerprint density at radius 3 is 2.69 bits per heavy atom. The second kappa shape index (κ2) is 7.96. The topological polar surface area (TPSA) is 12.0 Å². The van der Waals surface area contributed by atoms with Crippen molar-refractivity contribution in [2.75, 3.05) is 6.54 Å². The first-order valence-electron chi connectivity index (χ1n) is 6.10. The Bertz CT molecular complexity index is 331. The van der Waals surface area contributed by atoms with E-state index < -0.39 is 0 Å². The van der Waals surface area contributed by atoms with E-state index in [1.54, 1.807) is 0 Å². The fourth-order valence-corrected chi connectivity index (χ4v) is 1.51. The highest BCUT2D eigenvalue weighted by Crippen LogP contribution is 1.98. The van der Waals surface area contributed by atoms with E-state index in [9.17, 15) is 0 Å². The van der Waals surface area contributed by atoms with Gasteiger partial charge < -0.3 is 5.32 Å².